The molecule has 1 atom stereocenters. The molecule has 1 aromatic heterocycles. The second kappa shape index (κ2) is 4.58. The molecule has 3 rings (SSSR count). The lowest BCUT2D eigenvalue weighted by molar-refractivity contribution is 0.627. The summed E-state index contributed by atoms with van der Waals surface area (Å²) in [6, 6.07) is 8.53. The molecular formula is C14H12ClFN2. The smallest absolute Gasteiger partial charge is 0.123 e. The number of anilines is 1. The highest BCUT2D eigenvalue weighted by atomic mass is 35.5. The maximum Gasteiger partial charge on any atom is 0.123 e. The third-order valence-corrected chi connectivity index (χ3v) is 3.39. The van der Waals surface area contributed by atoms with Gasteiger partial charge in [0, 0.05) is 11.9 Å². The minimum atomic E-state index is -0.225. The van der Waals surface area contributed by atoms with Crippen LogP contribution in [0.15, 0.2) is 36.5 Å². The van der Waals surface area contributed by atoms with Crippen molar-refractivity contribution in [1.29, 1.82) is 0 Å². The average molecular weight is 263 g/mol. The zero-order valence-corrected chi connectivity index (χ0v) is 10.4. The van der Waals surface area contributed by atoms with E-state index in [4.69, 9.17) is 11.6 Å². The van der Waals surface area contributed by atoms with Crippen molar-refractivity contribution in [2.24, 2.45) is 0 Å². The SMILES string of the molecule is Fc1ccc(NC2CCc3cc(Cl)cnc32)cc1. The molecule has 92 valence electrons. The Kier molecular flexibility index (Phi) is 2.92. The molecule has 18 heavy (non-hydrogen) atoms. The highest BCUT2D eigenvalue weighted by Crippen LogP contribution is 2.33. The largest absolute Gasteiger partial charge is 0.377 e. The van der Waals surface area contributed by atoms with Crippen LogP contribution >= 0.6 is 11.6 Å². The molecule has 0 saturated heterocycles. The van der Waals surface area contributed by atoms with E-state index in [1.165, 1.54) is 17.7 Å². The van der Waals surface area contributed by atoms with Gasteiger partial charge in [0.1, 0.15) is 5.82 Å². The topological polar surface area (TPSA) is 24.9 Å². The van der Waals surface area contributed by atoms with E-state index in [1.807, 2.05) is 6.07 Å². The molecule has 0 fully saturated rings. The average Bonchev–Trinajstić information content (AvgIpc) is 2.74. The van der Waals surface area contributed by atoms with E-state index in [0.717, 1.165) is 24.2 Å². The van der Waals surface area contributed by atoms with Crippen molar-refractivity contribution in [1.82, 2.24) is 4.98 Å². The van der Waals surface area contributed by atoms with E-state index in [9.17, 15) is 4.39 Å². The first kappa shape index (κ1) is 11.5. The number of fused-ring (bicyclic) bond motifs is 1. The maximum atomic E-state index is 12.8. The van der Waals surface area contributed by atoms with Gasteiger partial charge in [-0.25, -0.2) is 4.39 Å². The van der Waals surface area contributed by atoms with E-state index in [1.54, 1.807) is 18.3 Å². The Hall–Kier alpha value is -1.61. The molecule has 1 heterocycles. The van der Waals surface area contributed by atoms with Crippen LogP contribution in [0.1, 0.15) is 23.7 Å². The van der Waals surface area contributed by atoms with Crippen LogP contribution in [0, 0.1) is 5.82 Å². The first-order valence-electron chi connectivity index (χ1n) is 5.89. The molecule has 0 spiro atoms. The fraction of sp³-hybridized carbons (Fsp3) is 0.214. The number of pyridine rings is 1. The molecule has 1 N–H and O–H groups in total. The van der Waals surface area contributed by atoms with Crippen molar-refractivity contribution < 1.29 is 4.39 Å². The number of aromatic nitrogens is 1. The van der Waals surface area contributed by atoms with E-state index in [-0.39, 0.29) is 11.9 Å². The molecule has 2 aromatic rings. The Morgan fingerprint density at radius 1 is 1.28 bits per heavy atom. The van der Waals surface area contributed by atoms with Crippen molar-refractivity contribution >= 4 is 17.3 Å². The summed E-state index contributed by atoms with van der Waals surface area (Å²) in [6.07, 6.45) is 3.63. The zero-order valence-electron chi connectivity index (χ0n) is 9.66. The molecule has 1 aliphatic carbocycles. The third kappa shape index (κ3) is 2.18. The number of aryl methyl sites for hydroxylation is 1. The quantitative estimate of drug-likeness (QED) is 0.886. The van der Waals surface area contributed by atoms with Gasteiger partial charge in [0.2, 0.25) is 0 Å². The summed E-state index contributed by atoms with van der Waals surface area (Å²) in [5.41, 5.74) is 3.15. The van der Waals surface area contributed by atoms with Crippen molar-refractivity contribution in [2.45, 2.75) is 18.9 Å². The Labute approximate surface area is 110 Å². The lowest BCUT2D eigenvalue weighted by Crippen LogP contribution is -2.08. The van der Waals surface area contributed by atoms with Gasteiger partial charge in [-0.2, -0.15) is 0 Å². The molecule has 0 amide bonds. The van der Waals surface area contributed by atoms with E-state index in [2.05, 4.69) is 10.3 Å². The van der Waals surface area contributed by atoms with Gasteiger partial charge >= 0.3 is 0 Å². The van der Waals surface area contributed by atoms with Crippen molar-refractivity contribution in [3.8, 4) is 0 Å². The highest BCUT2D eigenvalue weighted by Gasteiger charge is 2.23. The molecule has 1 aromatic carbocycles. The number of rotatable bonds is 2. The highest BCUT2D eigenvalue weighted by molar-refractivity contribution is 6.30. The van der Waals surface area contributed by atoms with Gasteiger partial charge in [0.25, 0.3) is 0 Å². The van der Waals surface area contributed by atoms with Crippen LogP contribution in [0.4, 0.5) is 10.1 Å². The van der Waals surface area contributed by atoms with Crippen molar-refractivity contribution in [3.05, 3.63) is 58.6 Å². The minimum absolute atomic E-state index is 0.183. The van der Waals surface area contributed by atoms with Crippen LogP contribution < -0.4 is 5.32 Å². The first-order chi connectivity index (χ1) is 8.72. The van der Waals surface area contributed by atoms with Crippen LogP contribution in [0.25, 0.3) is 0 Å². The summed E-state index contributed by atoms with van der Waals surface area (Å²) in [5, 5.41) is 4.05. The second-order valence-electron chi connectivity index (χ2n) is 4.44. The number of nitrogens with one attached hydrogen (secondary N) is 1. The minimum Gasteiger partial charge on any atom is -0.377 e. The lowest BCUT2D eigenvalue weighted by Gasteiger charge is -2.14. The molecule has 0 bridgehead atoms. The number of nitrogens with zero attached hydrogens (tertiary/aromatic N) is 1. The van der Waals surface area contributed by atoms with Crippen LogP contribution in [0.5, 0.6) is 0 Å². The zero-order chi connectivity index (χ0) is 12.5. The van der Waals surface area contributed by atoms with Crippen molar-refractivity contribution in [2.75, 3.05) is 5.32 Å². The van der Waals surface area contributed by atoms with Gasteiger partial charge in [0.05, 0.1) is 16.8 Å². The van der Waals surface area contributed by atoms with Gasteiger partial charge in [0.15, 0.2) is 0 Å². The number of benzene rings is 1. The van der Waals surface area contributed by atoms with Crippen LogP contribution in [-0.2, 0) is 6.42 Å². The van der Waals surface area contributed by atoms with Gasteiger partial charge in [-0.15, -0.1) is 0 Å². The Balaban J connectivity index is 1.82. The number of halogens is 2. The van der Waals surface area contributed by atoms with E-state index >= 15 is 0 Å². The lowest BCUT2D eigenvalue weighted by atomic mass is 10.2. The monoisotopic (exact) mass is 262 g/mol. The van der Waals surface area contributed by atoms with Crippen LogP contribution in [0.2, 0.25) is 5.02 Å². The first-order valence-corrected chi connectivity index (χ1v) is 6.26. The summed E-state index contributed by atoms with van der Waals surface area (Å²) in [4.78, 5) is 4.39. The Morgan fingerprint density at radius 2 is 2.06 bits per heavy atom. The summed E-state index contributed by atoms with van der Waals surface area (Å²) in [5.74, 6) is -0.225. The Morgan fingerprint density at radius 3 is 2.83 bits per heavy atom. The van der Waals surface area contributed by atoms with Gasteiger partial charge in [-0.3, -0.25) is 4.98 Å². The molecular weight excluding hydrogens is 251 g/mol. The maximum absolute atomic E-state index is 12.8. The molecule has 0 radical (unpaired) electrons. The van der Waals surface area contributed by atoms with Crippen LogP contribution in [-0.4, -0.2) is 4.98 Å². The predicted octanol–water partition coefficient (Wildman–Crippen LogP) is 3.97. The second-order valence-corrected chi connectivity index (χ2v) is 4.88. The Bertz CT molecular complexity index is 569. The van der Waals surface area contributed by atoms with Gasteiger partial charge in [-0.1, -0.05) is 11.6 Å². The molecule has 0 aliphatic heterocycles. The number of hydrogen-bond donors (Lipinski definition) is 1. The standard InChI is InChI=1S/C14H12ClFN2/c15-10-7-9-1-6-13(14(9)17-8-10)18-12-4-2-11(16)3-5-12/h2-5,7-8,13,18H,1,6H2. The molecule has 2 nitrogen and oxygen atoms in total. The summed E-state index contributed by atoms with van der Waals surface area (Å²) < 4.78 is 12.8. The summed E-state index contributed by atoms with van der Waals surface area (Å²) in [7, 11) is 0. The molecule has 1 unspecified atom stereocenters. The third-order valence-electron chi connectivity index (χ3n) is 3.19. The summed E-state index contributed by atoms with van der Waals surface area (Å²) in [6.45, 7) is 0. The van der Waals surface area contributed by atoms with Gasteiger partial charge < -0.3 is 5.32 Å². The van der Waals surface area contributed by atoms with Gasteiger partial charge in [-0.05, 0) is 48.7 Å². The molecule has 0 saturated carbocycles. The summed E-state index contributed by atoms with van der Waals surface area (Å²) >= 11 is 5.92. The predicted molar refractivity (Wildman–Crippen MR) is 70.3 cm³/mol. The fourth-order valence-corrected chi connectivity index (χ4v) is 2.51. The molecule has 4 heteroatoms. The van der Waals surface area contributed by atoms with Crippen molar-refractivity contribution in [3.63, 3.8) is 0 Å². The van der Waals surface area contributed by atoms with E-state index in [0.29, 0.717) is 5.02 Å². The molecule has 1 aliphatic rings. The number of hydrogen-bond acceptors (Lipinski definition) is 2. The fourth-order valence-electron chi connectivity index (χ4n) is 2.33. The normalized spacial score (nSPS) is 17.6. The van der Waals surface area contributed by atoms with E-state index < -0.39 is 0 Å². The van der Waals surface area contributed by atoms with Crippen LogP contribution in [0.3, 0.4) is 0 Å².